The van der Waals surface area contributed by atoms with Gasteiger partial charge in [-0.05, 0) is 64.8 Å². The molecule has 0 radical (unpaired) electrons. The number of aliphatic carboxylic acids is 1. The summed E-state index contributed by atoms with van der Waals surface area (Å²) < 4.78 is 48.7. The average molecular weight is 457 g/mol. The zero-order valence-corrected chi connectivity index (χ0v) is 18.9. The monoisotopic (exact) mass is 456 g/mol. The van der Waals surface area contributed by atoms with Crippen molar-refractivity contribution in [3.05, 3.63) is 88.7 Å². The maximum atomic E-state index is 14.7. The molecule has 0 bridgehead atoms. The summed E-state index contributed by atoms with van der Waals surface area (Å²) in [6.07, 6.45) is 0.516. The molecule has 174 valence electrons. The van der Waals surface area contributed by atoms with Gasteiger partial charge in [0.1, 0.15) is 18.2 Å². The molecule has 0 saturated carbocycles. The van der Waals surface area contributed by atoms with Gasteiger partial charge in [-0.1, -0.05) is 51.1 Å². The summed E-state index contributed by atoms with van der Waals surface area (Å²) in [7, 11) is 0. The Balaban J connectivity index is 1.88. The van der Waals surface area contributed by atoms with Gasteiger partial charge in [0.2, 0.25) is 0 Å². The number of carboxylic acids is 1. The molecule has 0 spiro atoms. The Kier molecular flexibility index (Phi) is 7.46. The van der Waals surface area contributed by atoms with Crippen molar-refractivity contribution in [2.24, 2.45) is 5.41 Å². The number of rotatable bonds is 8. The van der Waals surface area contributed by atoms with Crippen LogP contribution in [0.25, 0.3) is 11.1 Å². The van der Waals surface area contributed by atoms with Crippen LogP contribution in [-0.4, -0.2) is 11.1 Å². The van der Waals surface area contributed by atoms with E-state index in [2.05, 4.69) is 20.8 Å². The Hall–Kier alpha value is -3.28. The molecule has 0 atom stereocenters. The Morgan fingerprint density at radius 1 is 0.939 bits per heavy atom. The van der Waals surface area contributed by atoms with Crippen molar-refractivity contribution in [2.75, 3.05) is 0 Å². The molecule has 0 saturated heterocycles. The first kappa shape index (κ1) is 24.4. The number of hydrogen-bond donors (Lipinski definition) is 1. The molecule has 0 heterocycles. The third-order valence-corrected chi connectivity index (χ3v) is 5.15. The van der Waals surface area contributed by atoms with Crippen LogP contribution in [0.2, 0.25) is 0 Å². The summed E-state index contributed by atoms with van der Waals surface area (Å²) in [6, 6.07) is 13.4. The lowest BCUT2D eigenvalue weighted by Gasteiger charge is -2.22. The summed E-state index contributed by atoms with van der Waals surface area (Å²) in [5.41, 5.74) is 2.56. The van der Waals surface area contributed by atoms with Crippen LogP contribution < -0.4 is 4.74 Å². The van der Waals surface area contributed by atoms with Crippen LogP contribution >= 0.6 is 0 Å². The van der Waals surface area contributed by atoms with Crippen LogP contribution in [0.4, 0.5) is 13.2 Å². The summed E-state index contributed by atoms with van der Waals surface area (Å²) in [6.45, 7) is 6.24. The fourth-order valence-corrected chi connectivity index (χ4v) is 3.68. The van der Waals surface area contributed by atoms with E-state index in [1.165, 1.54) is 18.2 Å². The third kappa shape index (κ3) is 6.60. The highest BCUT2D eigenvalue weighted by Gasteiger charge is 2.18. The number of benzene rings is 3. The second kappa shape index (κ2) is 10.1. The highest BCUT2D eigenvalue weighted by molar-refractivity contribution is 5.69. The fraction of sp³-hybridized carbons (Fsp3) is 0.296. The molecular weight excluding hydrogens is 429 g/mol. The molecule has 3 aromatic carbocycles. The second-order valence-electron chi connectivity index (χ2n) is 9.26. The van der Waals surface area contributed by atoms with E-state index in [-0.39, 0.29) is 41.7 Å². The second-order valence-corrected chi connectivity index (χ2v) is 9.26. The quantitative estimate of drug-likeness (QED) is 0.399. The lowest BCUT2D eigenvalue weighted by Crippen LogP contribution is -2.11. The van der Waals surface area contributed by atoms with Crippen LogP contribution in [-0.2, 0) is 24.2 Å². The smallest absolute Gasteiger partial charge is 0.303 e. The number of aryl methyl sites for hydroxylation is 1. The molecule has 0 amide bonds. The van der Waals surface area contributed by atoms with Crippen LogP contribution in [0.3, 0.4) is 0 Å². The van der Waals surface area contributed by atoms with Gasteiger partial charge < -0.3 is 9.84 Å². The zero-order chi connectivity index (χ0) is 24.2. The van der Waals surface area contributed by atoms with Crippen molar-refractivity contribution in [1.29, 1.82) is 0 Å². The molecule has 3 nitrogen and oxygen atoms in total. The molecule has 0 aliphatic carbocycles. The van der Waals surface area contributed by atoms with E-state index in [0.717, 1.165) is 23.3 Å². The maximum absolute atomic E-state index is 14.7. The van der Waals surface area contributed by atoms with E-state index in [0.29, 0.717) is 12.0 Å². The van der Waals surface area contributed by atoms with Gasteiger partial charge in [0.25, 0.3) is 0 Å². The van der Waals surface area contributed by atoms with Gasteiger partial charge in [-0.3, -0.25) is 4.79 Å². The minimum atomic E-state index is -0.998. The van der Waals surface area contributed by atoms with Gasteiger partial charge in [-0.15, -0.1) is 0 Å². The van der Waals surface area contributed by atoms with Crippen LogP contribution in [0.5, 0.6) is 5.75 Å². The third-order valence-electron chi connectivity index (χ3n) is 5.15. The molecule has 3 rings (SSSR count). The first-order chi connectivity index (χ1) is 15.5. The maximum Gasteiger partial charge on any atom is 0.303 e. The first-order valence-corrected chi connectivity index (χ1v) is 10.7. The molecule has 3 aromatic rings. The van der Waals surface area contributed by atoms with Crippen molar-refractivity contribution in [3.8, 4) is 16.9 Å². The molecule has 1 N–H and O–H groups in total. The van der Waals surface area contributed by atoms with Crippen LogP contribution in [0, 0.1) is 22.9 Å². The van der Waals surface area contributed by atoms with Crippen molar-refractivity contribution >= 4 is 5.97 Å². The van der Waals surface area contributed by atoms with Gasteiger partial charge >= 0.3 is 5.97 Å². The zero-order valence-electron chi connectivity index (χ0n) is 18.9. The highest BCUT2D eigenvalue weighted by Crippen LogP contribution is 2.33. The Labute approximate surface area is 191 Å². The lowest BCUT2D eigenvalue weighted by atomic mass is 9.84. The molecule has 0 unspecified atom stereocenters. The fourth-order valence-electron chi connectivity index (χ4n) is 3.68. The van der Waals surface area contributed by atoms with E-state index in [1.807, 2.05) is 6.07 Å². The van der Waals surface area contributed by atoms with Gasteiger partial charge in [0.05, 0.1) is 0 Å². The summed E-state index contributed by atoms with van der Waals surface area (Å²) in [5, 5.41) is 8.83. The Bertz CT molecular complexity index is 1150. The number of carbonyl (C=O) groups is 1. The van der Waals surface area contributed by atoms with Gasteiger partial charge in [0, 0.05) is 12.0 Å². The van der Waals surface area contributed by atoms with Gasteiger partial charge in [-0.25, -0.2) is 13.2 Å². The number of halogens is 3. The minimum absolute atomic E-state index is 0.0375. The molecule has 0 aromatic heterocycles. The van der Waals surface area contributed by atoms with E-state index in [1.54, 1.807) is 18.2 Å². The summed E-state index contributed by atoms with van der Waals surface area (Å²) in [4.78, 5) is 10.8. The normalized spacial score (nSPS) is 11.5. The predicted octanol–water partition coefficient (Wildman–Crippen LogP) is 6.96. The number of hydrogen-bond acceptors (Lipinski definition) is 2. The highest BCUT2D eigenvalue weighted by atomic mass is 19.1. The van der Waals surface area contributed by atoms with Crippen molar-refractivity contribution < 1.29 is 27.8 Å². The molecule has 0 aliphatic heterocycles. The van der Waals surface area contributed by atoms with Crippen molar-refractivity contribution in [2.45, 2.75) is 46.6 Å². The van der Waals surface area contributed by atoms with Crippen molar-refractivity contribution in [1.82, 2.24) is 0 Å². The minimum Gasteiger partial charge on any atom is -0.486 e. The molecule has 0 aliphatic rings. The average Bonchev–Trinajstić information content (AvgIpc) is 2.73. The van der Waals surface area contributed by atoms with Gasteiger partial charge in [-0.2, -0.15) is 0 Å². The summed E-state index contributed by atoms with van der Waals surface area (Å²) in [5.74, 6) is -2.56. The Morgan fingerprint density at radius 3 is 2.39 bits per heavy atom. The van der Waals surface area contributed by atoms with Crippen LogP contribution in [0.15, 0.2) is 54.6 Å². The van der Waals surface area contributed by atoms with E-state index >= 15 is 0 Å². The first-order valence-electron chi connectivity index (χ1n) is 10.7. The molecule has 6 heteroatoms. The SMILES string of the molecule is CC(C)(C)Cc1cc(COc2cccc(CCC(=O)O)c2F)ccc1-c1cc(F)ccc1F. The summed E-state index contributed by atoms with van der Waals surface area (Å²) >= 11 is 0. The molecule has 33 heavy (non-hydrogen) atoms. The molecular formula is C27H27F3O3. The van der Waals surface area contributed by atoms with Gasteiger partial charge in [0.15, 0.2) is 11.6 Å². The van der Waals surface area contributed by atoms with Crippen LogP contribution in [0.1, 0.15) is 43.9 Å². The van der Waals surface area contributed by atoms with E-state index < -0.39 is 23.4 Å². The number of carboxylic acid groups (broad SMARTS) is 1. The Morgan fingerprint density at radius 2 is 1.70 bits per heavy atom. The standard InChI is InChI=1S/C27H27F3O3/c1-27(2,3)15-19-13-17(7-10-21(19)22-14-20(28)9-11-23(22)29)16-33-24-6-4-5-18(26(24)30)8-12-25(31)32/h4-7,9-11,13-14H,8,12,15-16H2,1-3H3,(H,31,32). The van der Waals surface area contributed by atoms with E-state index in [4.69, 9.17) is 9.84 Å². The van der Waals surface area contributed by atoms with E-state index in [9.17, 15) is 18.0 Å². The lowest BCUT2D eigenvalue weighted by molar-refractivity contribution is -0.136. The topological polar surface area (TPSA) is 46.5 Å². The number of ether oxygens (including phenoxy) is 1. The largest absolute Gasteiger partial charge is 0.486 e. The molecule has 0 fully saturated rings. The van der Waals surface area contributed by atoms with Crippen molar-refractivity contribution in [3.63, 3.8) is 0 Å². The predicted molar refractivity (Wildman–Crippen MR) is 122 cm³/mol.